The molecule has 0 saturated carbocycles. The molecule has 2 heterocycles. The summed E-state index contributed by atoms with van der Waals surface area (Å²) in [7, 11) is -2.74. The standard InChI is InChI=1S/C33H32F2N2O7S/c1-4-28(38)30-25-18-24(21-7-5-8-22(17-21)32(39)36-15-6-9-26(36)33(40)43-2)27(37(16-14-34)45(3,41)42)19-29(25)44-31(30)20-10-12-23(35)13-11-20/h5,7-8,10-13,17-19,26H,4,6,9,14-16H2,1-3H3/t26-/m0/s1. The van der Waals surface area contributed by atoms with Crippen molar-refractivity contribution in [1.82, 2.24) is 4.90 Å². The number of sulfonamides is 1. The van der Waals surface area contributed by atoms with Crippen LogP contribution in [0.15, 0.2) is 65.1 Å². The number of esters is 1. The van der Waals surface area contributed by atoms with E-state index < -0.39 is 47.0 Å². The SMILES string of the molecule is CCC(=O)c1c(-c2ccc(F)cc2)oc2cc(N(CCF)S(C)(=O)=O)c(-c3cccc(C(=O)N4CCC[C@H]4C(=O)OC)c3)cc12. The van der Waals surface area contributed by atoms with E-state index in [4.69, 9.17) is 9.15 Å². The molecule has 0 spiro atoms. The van der Waals surface area contributed by atoms with Gasteiger partial charge in [-0.05, 0) is 60.9 Å². The number of hydrogen-bond donors (Lipinski definition) is 0. The summed E-state index contributed by atoms with van der Waals surface area (Å²) in [6.07, 6.45) is 2.17. The lowest BCUT2D eigenvalue weighted by Gasteiger charge is -2.25. The lowest BCUT2D eigenvalue weighted by atomic mass is 9.95. The molecule has 1 fully saturated rings. The minimum Gasteiger partial charge on any atom is -0.467 e. The highest BCUT2D eigenvalue weighted by Crippen LogP contribution is 2.42. The molecule has 1 aliphatic heterocycles. The molecule has 1 atom stereocenters. The molecule has 3 aromatic carbocycles. The van der Waals surface area contributed by atoms with Gasteiger partial charge in [-0.2, -0.15) is 0 Å². The summed E-state index contributed by atoms with van der Waals surface area (Å²) in [5, 5.41) is 0.371. The predicted molar refractivity (Wildman–Crippen MR) is 166 cm³/mol. The number of methoxy groups -OCH3 is 1. The van der Waals surface area contributed by atoms with Gasteiger partial charge in [-0.1, -0.05) is 19.1 Å². The number of ketones is 1. The summed E-state index contributed by atoms with van der Waals surface area (Å²) in [6, 6.07) is 14.2. The van der Waals surface area contributed by atoms with E-state index in [2.05, 4.69) is 0 Å². The molecule has 5 rings (SSSR count). The molecule has 4 aromatic rings. The topological polar surface area (TPSA) is 114 Å². The fourth-order valence-electron chi connectivity index (χ4n) is 5.75. The molecular formula is C33H32F2N2O7S. The Morgan fingerprint density at radius 1 is 1.07 bits per heavy atom. The Bertz CT molecular complexity index is 1890. The number of amides is 1. The normalized spacial score (nSPS) is 15.0. The van der Waals surface area contributed by atoms with Crippen LogP contribution in [0.25, 0.3) is 33.4 Å². The summed E-state index contributed by atoms with van der Waals surface area (Å²) < 4.78 is 65.3. The first-order chi connectivity index (χ1) is 21.5. The summed E-state index contributed by atoms with van der Waals surface area (Å²) in [5.74, 6) is -1.46. The van der Waals surface area contributed by atoms with Crippen LogP contribution in [0.3, 0.4) is 0 Å². The van der Waals surface area contributed by atoms with Crippen molar-refractivity contribution >= 4 is 44.3 Å². The van der Waals surface area contributed by atoms with Crippen molar-refractivity contribution in [3.63, 3.8) is 0 Å². The van der Waals surface area contributed by atoms with Crippen molar-refractivity contribution in [1.29, 1.82) is 0 Å². The first-order valence-corrected chi connectivity index (χ1v) is 16.3. The zero-order valence-corrected chi connectivity index (χ0v) is 25.8. The second-order valence-electron chi connectivity index (χ2n) is 10.7. The quantitative estimate of drug-likeness (QED) is 0.154. The Kier molecular flexibility index (Phi) is 9.06. The zero-order valence-electron chi connectivity index (χ0n) is 25.0. The molecule has 0 bridgehead atoms. The summed E-state index contributed by atoms with van der Waals surface area (Å²) in [4.78, 5) is 40.7. The number of rotatable bonds is 10. The minimum absolute atomic E-state index is 0.0794. The minimum atomic E-state index is -4.00. The maximum Gasteiger partial charge on any atom is 0.328 e. The van der Waals surface area contributed by atoms with Gasteiger partial charge in [-0.25, -0.2) is 22.0 Å². The van der Waals surface area contributed by atoms with Crippen LogP contribution in [0.1, 0.15) is 46.9 Å². The van der Waals surface area contributed by atoms with Gasteiger partial charge in [-0.3, -0.25) is 13.9 Å². The van der Waals surface area contributed by atoms with Gasteiger partial charge < -0.3 is 14.1 Å². The van der Waals surface area contributed by atoms with Crippen LogP contribution in [0.4, 0.5) is 14.5 Å². The number of fused-ring (bicyclic) bond motifs is 1. The van der Waals surface area contributed by atoms with Crippen LogP contribution >= 0.6 is 0 Å². The average molecular weight is 639 g/mol. The van der Waals surface area contributed by atoms with Crippen LogP contribution < -0.4 is 4.31 Å². The molecular weight excluding hydrogens is 606 g/mol. The Hall–Kier alpha value is -4.58. The van der Waals surface area contributed by atoms with E-state index in [-0.39, 0.29) is 40.4 Å². The van der Waals surface area contributed by atoms with Crippen molar-refractivity contribution in [2.24, 2.45) is 0 Å². The summed E-state index contributed by atoms with van der Waals surface area (Å²) in [5.41, 5.74) is 1.88. The van der Waals surface area contributed by atoms with Crippen LogP contribution in [-0.4, -0.2) is 70.1 Å². The number of nitrogens with zero attached hydrogens (tertiary/aromatic N) is 2. The predicted octanol–water partition coefficient (Wildman–Crippen LogP) is 6.01. The third-order valence-electron chi connectivity index (χ3n) is 7.88. The smallest absolute Gasteiger partial charge is 0.328 e. The molecule has 1 aliphatic rings. The van der Waals surface area contributed by atoms with Gasteiger partial charge in [0.1, 0.15) is 29.9 Å². The molecule has 0 unspecified atom stereocenters. The second-order valence-corrected chi connectivity index (χ2v) is 12.6. The number of ether oxygens (including phenoxy) is 1. The lowest BCUT2D eigenvalue weighted by Crippen LogP contribution is -2.41. The largest absolute Gasteiger partial charge is 0.467 e. The molecule has 0 N–H and O–H groups in total. The van der Waals surface area contributed by atoms with Crippen LogP contribution in [0, 0.1) is 5.82 Å². The van der Waals surface area contributed by atoms with E-state index in [0.717, 1.165) is 10.6 Å². The average Bonchev–Trinajstić information content (AvgIpc) is 3.67. The van der Waals surface area contributed by atoms with Gasteiger partial charge in [0.25, 0.3) is 5.91 Å². The molecule has 1 saturated heterocycles. The van der Waals surface area contributed by atoms with Crippen molar-refractivity contribution in [3.05, 3.63) is 77.6 Å². The molecule has 1 aromatic heterocycles. The van der Waals surface area contributed by atoms with E-state index >= 15 is 0 Å². The van der Waals surface area contributed by atoms with Gasteiger partial charge in [0.05, 0.1) is 31.2 Å². The number of carbonyl (C=O) groups is 3. The Balaban J connectivity index is 1.74. The van der Waals surface area contributed by atoms with E-state index in [9.17, 15) is 31.6 Å². The van der Waals surface area contributed by atoms with E-state index in [0.29, 0.717) is 41.5 Å². The van der Waals surface area contributed by atoms with Gasteiger partial charge in [0.15, 0.2) is 5.78 Å². The first-order valence-electron chi connectivity index (χ1n) is 14.4. The Morgan fingerprint density at radius 3 is 2.44 bits per heavy atom. The number of likely N-dealkylation sites (tertiary alicyclic amines) is 1. The van der Waals surface area contributed by atoms with Crippen molar-refractivity contribution in [3.8, 4) is 22.5 Å². The summed E-state index contributed by atoms with van der Waals surface area (Å²) >= 11 is 0. The van der Waals surface area contributed by atoms with E-state index in [1.165, 1.54) is 42.3 Å². The van der Waals surface area contributed by atoms with E-state index in [1.54, 1.807) is 37.3 Å². The summed E-state index contributed by atoms with van der Waals surface area (Å²) in [6.45, 7) is 0.580. The number of Topliss-reactive ketones (excluding diaryl/α,β-unsaturated/α-hetero) is 1. The number of hydrogen-bond acceptors (Lipinski definition) is 7. The monoisotopic (exact) mass is 638 g/mol. The van der Waals surface area contributed by atoms with Gasteiger partial charge >= 0.3 is 5.97 Å². The maximum absolute atomic E-state index is 13.8. The van der Waals surface area contributed by atoms with Gasteiger partial charge in [0.2, 0.25) is 10.0 Å². The Labute approximate surface area is 259 Å². The van der Waals surface area contributed by atoms with Crippen molar-refractivity contribution < 1.29 is 40.7 Å². The maximum atomic E-state index is 13.8. The van der Waals surface area contributed by atoms with Crippen LogP contribution in [0.5, 0.6) is 0 Å². The van der Waals surface area contributed by atoms with Gasteiger partial charge in [0, 0.05) is 41.1 Å². The molecule has 12 heteroatoms. The number of carbonyl (C=O) groups excluding carboxylic acids is 3. The number of benzene rings is 3. The number of halogens is 2. The molecule has 0 aliphatic carbocycles. The fourth-order valence-corrected chi connectivity index (χ4v) is 6.66. The molecule has 236 valence electrons. The fraction of sp³-hybridized carbons (Fsp3) is 0.303. The number of anilines is 1. The third kappa shape index (κ3) is 6.19. The molecule has 45 heavy (non-hydrogen) atoms. The van der Waals surface area contributed by atoms with Crippen LogP contribution in [-0.2, 0) is 19.6 Å². The second kappa shape index (κ2) is 12.8. The molecule has 0 radical (unpaired) electrons. The number of alkyl halides is 1. The number of furan rings is 1. The van der Waals surface area contributed by atoms with Gasteiger partial charge in [-0.15, -0.1) is 0 Å². The third-order valence-corrected chi connectivity index (χ3v) is 9.06. The lowest BCUT2D eigenvalue weighted by molar-refractivity contribution is -0.145. The van der Waals surface area contributed by atoms with Crippen LogP contribution in [0.2, 0.25) is 0 Å². The molecule has 1 amide bonds. The highest BCUT2D eigenvalue weighted by Gasteiger charge is 2.35. The van der Waals surface area contributed by atoms with Crippen molar-refractivity contribution in [2.45, 2.75) is 32.2 Å². The highest BCUT2D eigenvalue weighted by atomic mass is 32.2. The first kappa shape index (κ1) is 31.8. The Morgan fingerprint density at radius 2 is 1.80 bits per heavy atom. The zero-order chi connectivity index (χ0) is 32.5. The van der Waals surface area contributed by atoms with Crippen molar-refractivity contribution in [2.75, 3.05) is 37.4 Å². The highest BCUT2D eigenvalue weighted by molar-refractivity contribution is 7.92. The molecule has 9 nitrogen and oxygen atoms in total. The van der Waals surface area contributed by atoms with E-state index in [1.807, 2.05) is 0 Å².